The lowest BCUT2D eigenvalue weighted by molar-refractivity contribution is -0.154. The van der Waals surface area contributed by atoms with Gasteiger partial charge in [0.1, 0.15) is 0 Å². The number of likely N-dealkylation sites (tertiary alicyclic amines) is 1. The highest BCUT2D eigenvalue weighted by atomic mass is 35.5. The molecule has 1 saturated carbocycles. The third-order valence-corrected chi connectivity index (χ3v) is 9.94. The number of ether oxygens (including phenoxy) is 2. The van der Waals surface area contributed by atoms with Crippen molar-refractivity contribution in [2.45, 2.75) is 39.2 Å². The van der Waals surface area contributed by atoms with E-state index >= 15 is 0 Å². The fourth-order valence-corrected chi connectivity index (χ4v) is 7.18. The van der Waals surface area contributed by atoms with E-state index in [-0.39, 0.29) is 29.6 Å². The van der Waals surface area contributed by atoms with Gasteiger partial charge >= 0.3 is 5.97 Å². The number of carbonyl (C=O) groups is 3. The fourth-order valence-electron chi connectivity index (χ4n) is 6.66. The minimum Gasteiger partial charge on any atom is -0.469 e. The average Bonchev–Trinajstić information content (AvgIpc) is 3.07. The molecule has 1 aliphatic carbocycles. The van der Waals surface area contributed by atoms with Crippen LogP contribution >= 0.6 is 23.2 Å². The number of hydrogen-bond donors (Lipinski definition) is 1. The number of piperidine rings is 1. The Morgan fingerprint density at radius 1 is 0.898 bits per heavy atom. The van der Waals surface area contributed by atoms with E-state index in [4.69, 9.17) is 37.7 Å². The number of methoxy groups -OCH3 is 1. The van der Waals surface area contributed by atoms with Crippen LogP contribution in [0.2, 0.25) is 10.0 Å². The number of halogens is 2. The van der Waals surface area contributed by atoms with E-state index in [0.717, 1.165) is 37.1 Å². The normalized spacial score (nSPS) is 20.0. The minimum absolute atomic E-state index is 0.00813. The van der Waals surface area contributed by atoms with Gasteiger partial charge < -0.3 is 24.6 Å². The fraction of sp³-hybridized carbons (Fsp3) is 0.486. The molecule has 0 bridgehead atoms. The predicted octanol–water partition coefficient (Wildman–Crippen LogP) is 4.83. The van der Waals surface area contributed by atoms with Crippen molar-refractivity contribution < 1.29 is 23.9 Å². The summed E-state index contributed by atoms with van der Waals surface area (Å²) >= 11 is 12.7. The van der Waals surface area contributed by atoms with Gasteiger partial charge in [-0.05, 0) is 74.5 Å². The van der Waals surface area contributed by atoms with Gasteiger partial charge in [0, 0.05) is 73.8 Å². The monoisotopic (exact) mass is 709 g/mol. The van der Waals surface area contributed by atoms with Gasteiger partial charge in [0.05, 0.1) is 31.1 Å². The first-order valence-electron chi connectivity index (χ1n) is 16.7. The van der Waals surface area contributed by atoms with Crippen LogP contribution in [0.3, 0.4) is 0 Å². The van der Waals surface area contributed by atoms with Crippen LogP contribution in [-0.4, -0.2) is 95.5 Å². The molecule has 2 amide bonds. The van der Waals surface area contributed by atoms with Crippen LogP contribution in [0.15, 0.2) is 42.7 Å². The average molecular weight is 711 g/mol. The molecule has 2 aromatic heterocycles. The number of nitrogens with one attached hydrogen (secondary N) is 1. The Labute approximate surface area is 296 Å². The van der Waals surface area contributed by atoms with Gasteiger partial charge in [-0.3, -0.25) is 19.3 Å². The lowest BCUT2D eigenvalue weighted by Gasteiger charge is -2.40. The van der Waals surface area contributed by atoms with Gasteiger partial charge in [-0.25, -0.2) is 15.0 Å². The van der Waals surface area contributed by atoms with Crippen LogP contribution in [0.5, 0.6) is 11.6 Å². The van der Waals surface area contributed by atoms with Crippen LogP contribution in [0, 0.1) is 17.8 Å². The smallest absolute Gasteiger partial charge is 0.308 e. The Morgan fingerprint density at radius 2 is 1.57 bits per heavy atom. The summed E-state index contributed by atoms with van der Waals surface area (Å²) in [5.41, 5.74) is 2.50. The van der Waals surface area contributed by atoms with Gasteiger partial charge in [-0.1, -0.05) is 23.2 Å². The Hall–Kier alpha value is -4.00. The molecule has 0 unspecified atom stereocenters. The van der Waals surface area contributed by atoms with E-state index in [1.807, 2.05) is 34.1 Å². The minimum atomic E-state index is -0.235. The molecule has 0 radical (unpaired) electrons. The van der Waals surface area contributed by atoms with Gasteiger partial charge in [0.25, 0.3) is 0 Å². The summed E-state index contributed by atoms with van der Waals surface area (Å²) in [6.07, 6.45) is 6.40. The number of nitrogens with zero attached hydrogens (tertiary/aromatic N) is 6. The maximum absolute atomic E-state index is 12.9. The number of rotatable bonds is 10. The molecule has 1 aromatic carbocycles. The number of amides is 2. The van der Waals surface area contributed by atoms with Crippen LogP contribution in [0.25, 0.3) is 11.3 Å². The van der Waals surface area contributed by atoms with Crippen molar-refractivity contribution in [3.8, 4) is 22.9 Å². The second-order valence-electron chi connectivity index (χ2n) is 13.0. The molecule has 14 heteroatoms. The molecular weight excluding hydrogens is 669 g/mol. The third-order valence-electron chi connectivity index (χ3n) is 9.51. The summed E-state index contributed by atoms with van der Waals surface area (Å²) in [5, 5.41) is 3.98. The molecular formula is C35H41Cl2N7O5. The molecule has 2 aliphatic heterocycles. The SMILES string of the molecule is COC(=O)C1CC(C(=O)N2CCN(c3ncc(Oc4cc(CN5CCC(CNC(C)=O)CC5)cc(-c5cc(Cl)cc(Cl)c5)n4)cn3)CC2)C1. The zero-order chi connectivity index (χ0) is 34.5. The molecule has 49 heavy (non-hydrogen) atoms. The van der Waals surface area contributed by atoms with E-state index in [9.17, 15) is 14.4 Å². The molecule has 0 spiro atoms. The zero-order valence-corrected chi connectivity index (χ0v) is 29.3. The molecule has 1 N–H and O–H groups in total. The first-order chi connectivity index (χ1) is 23.6. The van der Waals surface area contributed by atoms with Gasteiger partial charge in [0.2, 0.25) is 23.6 Å². The van der Waals surface area contributed by atoms with E-state index < -0.39 is 0 Å². The summed E-state index contributed by atoms with van der Waals surface area (Å²) in [6.45, 7) is 7.19. The Morgan fingerprint density at radius 3 is 2.20 bits per heavy atom. The highest BCUT2D eigenvalue weighted by Crippen LogP contribution is 2.36. The van der Waals surface area contributed by atoms with Crippen LogP contribution in [0.1, 0.15) is 38.2 Å². The number of carbonyl (C=O) groups excluding carboxylic acids is 3. The summed E-state index contributed by atoms with van der Waals surface area (Å²) in [7, 11) is 1.38. The number of piperazine rings is 1. The maximum Gasteiger partial charge on any atom is 0.308 e. The number of pyridine rings is 1. The van der Waals surface area contributed by atoms with Gasteiger partial charge in [-0.15, -0.1) is 0 Å². The van der Waals surface area contributed by atoms with Crippen molar-refractivity contribution in [1.82, 2.24) is 30.1 Å². The lowest BCUT2D eigenvalue weighted by atomic mass is 9.74. The third kappa shape index (κ3) is 8.97. The van der Waals surface area contributed by atoms with Gasteiger partial charge in [0.15, 0.2) is 5.75 Å². The van der Waals surface area contributed by atoms with Crippen molar-refractivity contribution in [2.24, 2.45) is 17.8 Å². The second kappa shape index (κ2) is 15.7. The van der Waals surface area contributed by atoms with Crippen molar-refractivity contribution in [3.05, 3.63) is 58.3 Å². The Kier molecular flexibility index (Phi) is 11.2. The Bertz CT molecular complexity index is 1630. The van der Waals surface area contributed by atoms with E-state index in [0.29, 0.717) is 91.3 Å². The second-order valence-corrected chi connectivity index (χ2v) is 13.9. The van der Waals surface area contributed by atoms with E-state index in [1.165, 1.54) is 7.11 Å². The molecule has 3 aliphatic rings. The van der Waals surface area contributed by atoms with Crippen molar-refractivity contribution in [2.75, 3.05) is 57.8 Å². The Balaban J connectivity index is 1.09. The first-order valence-corrected chi connectivity index (χ1v) is 17.4. The van der Waals surface area contributed by atoms with Crippen molar-refractivity contribution >= 4 is 46.9 Å². The number of hydrogen-bond acceptors (Lipinski definition) is 10. The molecule has 3 fully saturated rings. The van der Waals surface area contributed by atoms with Crippen LogP contribution < -0.4 is 15.0 Å². The zero-order valence-electron chi connectivity index (χ0n) is 27.7. The molecule has 6 rings (SSSR count). The van der Waals surface area contributed by atoms with Crippen molar-refractivity contribution in [3.63, 3.8) is 0 Å². The summed E-state index contributed by atoms with van der Waals surface area (Å²) in [5.74, 6) is 1.48. The highest BCUT2D eigenvalue weighted by molar-refractivity contribution is 6.35. The lowest BCUT2D eigenvalue weighted by Crippen LogP contribution is -2.52. The molecule has 12 nitrogen and oxygen atoms in total. The van der Waals surface area contributed by atoms with E-state index in [2.05, 4.69) is 20.2 Å². The number of benzene rings is 1. The largest absolute Gasteiger partial charge is 0.469 e. The molecule has 4 heterocycles. The summed E-state index contributed by atoms with van der Waals surface area (Å²) < 4.78 is 11.0. The number of anilines is 1. The van der Waals surface area contributed by atoms with Crippen LogP contribution in [0.4, 0.5) is 5.95 Å². The molecule has 0 atom stereocenters. The van der Waals surface area contributed by atoms with Gasteiger partial charge in [-0.2, -0.15) is 0 Å². The van der Waals surface area contributed by atoms with E-state index in [1.54, 1.807) is 25.4 Å². The maximum atomic E-state index is 12.9. The van der Waals surface area contributed by atoms with Crippen LogP contribution in [-0.2, 0) is 25.7 Å². The predicted molar refractivity (Wildman–Crippen MR) is 186 cm³/mol. The first kappa shape index (κ1) is 34.8. The number of esters is 1. The molecule has 3 aromatic rings. The number of aromatic nitrogens is 3. The molecule has 260 valence electrons. The topological polar surface area (TPSA) is 130 Å². The standard InChI is InChI=1S/C35H41Cl2N7O5/c1-22(45)38-18-23-3-5-42(6-4-23)21-24-11-31(25-15-28(36)17-29(37)16-25)41-32(12-24)49-30-19-39-35(40-20-30)44-9-7-43(8-10-44)33(46)26-13-27(14-26)34(47)48-2/h11-12,15-17,19-20,23,26-27H,3-10,13-14,18,21H2,1-2H3,(H,38,45). The molecule has 2 saturated heterocycles. The summed E-state index contributed by atoms with van der Waals surface area (Å²) in [6, 6.07) is 9.30. The quantitative estimate of drug-likeness (QED) is 0.292. The highest BCUT2D eigenvalue weighted by Gasteiger charge is 2.41. The van der Waals surface area contributed by atoms with Crippen molar-refractivity contribution in [1.29, 1.82) is 0 Å². The summed E-state index contributed by atoms with van der Waals surface area (Å²) in [4.78, 5) is 56.2.